The first kappa shape index (κ1) is 16.9. The third kappa shape index (κ3) is 2.71. The highest BCUT2D eigenvalue weighted by atomic mass is 16.7. The Balaban J connectivity index is 1.70. The molecule has 0 amide bonds. The fourth-order valence-electron chi connectivity index (χ4n) is 3.15. The number of aliphatic hydroxyl groups excluding tert-OH is 2. The summed E-state index contributed by atoms with van der Waals surface area (Å²) in [7, 11) is 0. The molecule has 2 aromatic rings. The number of benzene rings is 2. The van der Waals surface area contributed by atoms with E-state index < -0.39 is 30.8 Å². The molecular weight excluding hydrogens is 340 g/mol. The molecule has 2 N–H and O–H groups in total. The molecule has 0 spiro atoms. The Morgan fingerprint density at radius 1 is 1.15 bits per heavy atom. The smallest absolute Gasteiger partial charge is 0.341 e. The zero-order valence-electron chi connectivity index (χ0n) is 13.7. The van der Waals surface area contributed by atoms with Crippen LogP contribution in [0.15, 0.2) is 36.4 Å². The summed E-state index contributed by atoms with van der Waals surface area (Å²) in [4.78, 5) is 24.3. The van der Waals surface area contributed by atoms with E-state index in [1.807, 2.05) is 0 Å². The van der Waals surface area contributed by atoms with Gasteiger partial charge in [-0.25, -0.2) is 4.79 Å². The number of carbonyl (C=O) groups is 2. The van der Waals surface area contributed by atoms with Crippen molar-refractivity contribution in [3.63, 3.8) is 0 Å². The number of epoxide rings is 1. The van der Waals surface area contributed by atoms with Crippen LogP contribution < -0.4 is 5.11 Å². The Morgan fingerprint density at radius 2 is 1.81 bits per heavy atom. The number of fused-ring (bicyclic) bond motifs is 1. The number of hydrogen-bond donors (Lipinski definition) is 2. The summed E-state index contributed by atoms with van der Waals surface area (Å²) in [5, 5.41) is 31.0. The van der Waals surface area contributed by atoms with Crippen LogP contribution in [0.2, 0.25) is 0 Å². The number of aliphatic hydroxyl groups is 2. The first-order chi connectivity index (χ1) is 12.4. The van der Waals surface area contributed by atoms with Crippen LogP contribution in [-0.2, 0) is 9.47 Å². The van der Waals surface area contributed by atoms with Gasteiger partial charge in [0.05, 0.1) is 17.8 Å². The lowest BCUT2D eigenvalue weighted by Crippen LogP contribution is -2.11. The highest BCUT2D eigenvalue weighted by Gasteiger charge is 2.33. The topological polar surface area (TPSA) is 119 Å². The lowest BCUT2D eigenvalue weighted by atomic mass is 9.93. The number of hydrogen-bond acceptors (Lipinski definition) is 7. The van der Waals surface area contributed by atoms with Gasteiger partial charge in [0.25, 0.3) is 0 Å². The van der Waals surface area contributed by atoms with E-state index in [9.17, 15) is 24.9 Å². The van der Waals surface area contributed by atoms with Gasteiger partial charge in [0.15, 0.2) is 5.78 Å². The van der Waals surface area contributed by atoms with Gasteiger partial charge in [-0.05, 0) is 36.2 Å². The fraction of sp³-hybridized carbons (Fsp3) is 0.263. The first-order valence-corrected chi connectivity index (χ1v) is 8.07. The summed E-state index contributed by atoms with van der Waals surface area (Å²) >= 11 is 0. The number of ether oxygens (including phenoxy) is 2. The molecule has 2 heterocycles. The minimum atomic E-state index is -1.39. The molecule has 7 nitrogen and oxygen atoms in total. The Morgan fingerprint density at radius 3 is 2.46 bits per heavy atom. The average Bonchev–Trinajstić information content (AvgIpc) is 3.28. The highest BCUT2D eigenvalue weighted by molar-refractivity contribution is 6.10. The first-order valence-electron chi connectivity index (χ1n) is 8.07. The van der Waals surface area contributed by atoms with Gasteiger partial charge >= 0.3 is 5.97 Å². The second-order valence-electron chi connectivity index (χ2n) is 6.33. The van der Waals surface area contributed by atoms with Crippen molar-refractivity contribution in [1.29, 1.82) is 0 Å². The summed E-state index contributed by atoms with van der Waals surface area (Å²) in [6.07, 6.45) is -4.02. The SMILES string of the molecule is CC(O)c1cc(C(=O)c2ccc3c(c2)C(O)OC3=O)ccc1C1OC1[O-]. The molecule has 0 radical (unpaired) electrons. The van der Waals surface area contributed by atoms with E-state index in [1.165, 1.54) is 24.3 Å². The number of ketones is 1. The van der Waals surface area contributed by atoms with Gasteiger partial charge in [0.1, 0.15) is 0 Å². The highest BCUT2D eigenvalue weighted by Crippen LogP contribution is 2.39. The molecule has 4 rings (SSSR count). The van der Waals surface area contributed by atoms with Crippen molar-refractivity contribution in [2.45, 2.75) is 31.7 Å². The van der Waals surface area contributed by atoms with Crippen molar-refractivity contribution in [2.24, 2.45) is 0 Å². The Bertz CT molecular complexity index is 918. The Hall–Kier alpha value is -2.58. The number of rotatable bonds is 4. The van der Waals surface area contributed by atoms with Crippen LogP contribution in [0.1, 0.15) is 68.4 Å². The van der Waals surface area contributed by atoms with Gasteiger partial charge in [-0.15, -0.1) is 0 Å². The van der Waals surface area contributed by atoms with E-state index in [2.05, 4.69) is 0 Å². The van der Waals surface area contributed by atoms with E-state index >= 15 is 0 Å². The Kier molecular flexibility index (Phi) is 3.89. The molecule has 2 aliphatic rings. The summed E-state index contributed by atoms with van der Waals surface area (Å²) in [6, 6.07) is 9.03. The average molecular weight is 355 g/mol. The predicted octanol–water partition coefficient (Wildman–Crippen LogP) is 0.890. The molecule has 0 bridgehead atoms. The second kappa shape index (κ2) is 6.00. The number of carbonyl (C=O) groups excluding carboxylic acids is 2. The molecule has 4 atom stereocenters. The number of esters is 1. The number of cyclic esters (lactones) is 1. The zero-order valence-corrected chi connectivity index (χ0v) is 13.7. The fourth-order valence-corrected chi connectivity index (χ4v) is 3.15. The minimum Gasteiger partial charge on any atom is -0.829 e. The van der Waals surface area contributed by atoms with Crippen molar-refractivity contribution >= 4 is 11.8 Å². The van der Waals surface area contributed by atoms with Crippen LogP contribution in [0, 0.1) is 0 Å². The van der Waals surface area contributed by atoms with E-state index in [-0.39, 0.29) is 22.5 Å². The second-order valence-corrected chi connectivity index (χ2v) is 6.33. The minimum absolute atomic E-state index is 0.224. The standard InChI is InChI=1S/C19H15O7/c1-8(20)13-6-9(2-4-11(13)16-19(24)25-16)15(21)10-3-5-12-14(7-10)18(23)26-17(12)22/h2-8,16,18-20,23H,1H3/q-1. The molecule has 0 aromatic heterocycles. The van der Waals surface area contributed by atoms with Crippen LogP contribution in [0.25, 0.3) is 0 Å². The zero-order chi connectivity index (χ0) is 18.6. The normalized spacial score (nSPS) is 24.8. The molecular formula is C19H15O7-. The van der Waals surface area contributed by atoms with E-state index in [0.717, 1.165) is 0 Å². The monoisotopic (exact) mass is 355 g/mol. The van der Waals surface area contributed by atoms with Crippen molar-refractivity contribution in [3.05, 3.63) is 69.8 Å². The van der Waals surface area contributed by atoms with Gasteiger partial charge in [0.2, 0.25) is 6.29 Å². The van der Waals surface area contributed by atoms with Crippen LogP contribution in [0.4, 0.5) is 0 Å². The van der Waals surface area contributed by atoms with Crippen molar-refractivity contribution in [1.82, 2.24) is 0 Å². The van der Waals surface area contributed by atoms with Gasteiger partial charge in [-0.2, -0.15) is 0 Å². The maximum atomic E-state index is 12.8. The third-order valence-corrected chi connectivity index (χ3v) is 4.58. The molecule has 26 heavy (non-hydrogen) atoms. The van der Waals surface area contributed by atoms with Crippen LogP contribution >= 0.6 is 0 Å². The van der Waals surface area contributed by atoms with Crippen molar-refractivity contribution < 1.29 is 34.4 Å². The molecule has 2 aromatic carbocycles. The maximum Gasteiger partial charge on any atom is 0.341 e. The maximum absolute atomic E-state index is 12.8. The molecule has 0 saturated carbocycles. The molecule has 1 fully saturated rings. The molecule has 134 valence electrons. The quantitative estimate of drug-likeness (QED) is 0.475. The van der Waals surface area contributed by atoms with Crippen molar-refractivity contribution in [2.75, 3.05) is 0 Å². The summed E-state index contributed by atoms with van der Waals surface area (Å²) in [5.41, 5.74) is 2.08. The molecule has 0 aliphatic carbocycles. The summed E-state index contributed by atoms with van der Waals surface area (Å²) in [5.74, 6) is -0.980. The van der Waals surface area contributed by atoms with Crippen LogP contribution in [0.3, 0.4) is 0 Å². The van der Waals surface area contributed by atoms with E-state index in [0.29, 0.717) is 16.7 Å². The van der Waals surface area contributed by atoms with Gasteiger partial charge in [-0.3, -0.25) is 4.79 Å². The Labute approximate surface area is 148 Å². The predicted molar refractivity (Wildman–Crippen MR) is 84.9 cm³/mol. The molecule has 4 unspecified atom stereocenters. The van der Waals surface area contributed by atoms with Crippen LogP contribution in [0.5, 0.6) is 0 Å². The molecule has 2 aliphatic heterocycles. The van der Waals surface area contributed by atoms with Gasteiger partial charge < -0.3 is 24.8 Å². The van der Waals surface area contributed by atoms with Gasteiger partial charge in [0, 0.05) is 23.0 Å². The molecule has 1 saturated heterocycles. The van der Waals surface area contributed by atoms with Crippen LogP contribution in [-0.4, -0.2) is 28.3 Å². The molecule has 7 heteroatoms. The lowest BCUT2D eigenvalue weighted by molar-refractivity contribution is -0.412. The van der Waals surface area contributed by atoms with E-state index in [4.69, 9.17) is 9.47 Å². The van der Waals surface area contributed by atoms with E-state index in [1.54, 1.807) is 19.1 Å². The van der Waals surface area contributed by atoms with Crippen molar-refractivity contribution in [3.8, 4) is 0 Å². The summed E-state index contributed by atoms with van der Waals surface area (Å²) < 4.78 is 9.64. The third-order valence-electron chi connectivity index (χ3n) is 4.58. The lowest BCUT2D eigenvalue weighted by Gasteiger charge is -2.13. The largest absolute Gasteiger partial charge is 0.829 e. The van der Waals surface area contributed by atoms with Gasteiger partial charge in [-0.1, -0.05) is 18.2 Å². The summed E-state index contributed by atoms with van der Waals surface area (Å²) in [6.45, 7) is 1.55.